The van der Waals surface area contributed by atoms with Crippen LogP contribution in [0.4, 0.5) is 5.69 Å². The number of likely N-dealkylation sites (N-methyl/N-ethyl adjacent to an activating group) is 1. The number of benzodiazepines with no additional fused rings is 1. The van der Waals surface area contributed by atoms with Gasteiger partial charge >= 0.3 is 0 Å². The summed E-state index contributed by atoms with van der Waals surface area (Å²) in [5, 5.41) is 11.8. The highest BCUT2D eigenvalue weighted by molar-refractivity contribution is 6.32. The molecule has 3 amide bonds. The Morgan fingerprint density at radius 2 is 1.70 bits per heavy atom. The highest BCUT2D eigenvalue weighted by atomic mass is 35.5. The van der Waals surface area contributed by atoms with Crippen LogP contribution in [0, 0.1) is 0 Å². The third-order valence-electron chi connectivity index (χ3n) is 5.43. The molecule has 2 aromatic carbocycles. The number of nitrogens with zero attached hydrogens (tertiary/aromatic N) is 2. The van der Waals surface area contributed by atoms with E-state index in [0.29, 0.717) is 34.8 Å². The van der Waals surface area contributed by atoms with Gasteiger partial charge in [0.1, 0.15) is 0 Å². The summed E-state index contributed by atoms with van der Waals surface area (Å²) in [5.74, 6) is -1.03. The van der Waals surface area contributed by atoms with E-state index in [1.165, 1.54) is 4.90 Å². The molecule has 0 saturated heterocycles. The highest BCUT2D eigenvalue weighted by Gasteiger charge is 2.31. The number of benzene rings is 2. The first-order chi connectivity index (χ1) is 15.9. The van der Waals surface area contributed by atoms with E-state index in [9.17, 15) is 14.4 Å². The molecular formula is C24H27ClN4O4. The van der Waals surface area contributed by atoms with Crippen molar-refractivity contribution in [3.63, 3.8) is 0 Å². The fourth-order valence-corrected chi connectivity index (χ4v) is 3.84. The van der Waals surface area contributed by atoms with Crippen LogP contribution in [0.25, 0.3) is 0 Å². The second kappa shape index (κ2) is 11.6. The van der Waals surface area contributed by atoms with Crippen molar-refractivity contribution in [2.75, 3.05) is 11.9 Å². The molecule has 33 heavy (non-hydrogen) atoms. The lowest BCUT2D eigenvalue weighted by Crippen LogP contribution is -2.46. The Morgan fingerprint density at radius 3 is 2.36 bits per heavy atom. The Bertz CT molecular complexity index is 1040. The zero-order chi connectivity index (χ0) is 23.8. The number of hydrogen-bond donors (Lipinski definition) is 3. The third kappa shape index (κ3) is 6.40. The molecule has 1 aliphatic rings. The summed E-state index contributed by atoms with van der Waals surface area (Å²) < 4.78 is 0. The van der Waals surface area contributed by atoms with Crippen molar-refractivity contribution in [3.05, 3.63) is 64.7 Å². The van der Waals surface area contributed by atoms with Gasteiger partial charge in [-0.2, -0.15) is 0 Å². The average Bonchev–Trinajstić information content (AvgIpc) is 2.92. The van der Waals surface area contributed by atoms with E-state index in [0.717, 1.165) is 18.4 Å². The third-order valence-corrected chi connectivity index (χ3v) is 5.66. The van der Waals surface area contributed by atoms with Gasteiger partial charge in [-0.05, 0) is 31.0 Å². The molecule has 0 bridgehead atoms. The first kappa shape index (κ1) is 24.4. The van der Waals surface area contributed by atoms with Gasteiger partial charge in [-0.3, -0.25) is 19.6 Å². The van der Waals surface area contributed by atoms with Crippen LogP contribution in [-0.4, -0.2) is 41.9 Å². The molecule has 0 aliphatic carbocycles. The summed E-state index contributed by atoms with van der Waals surface area (Å²) in [6, 6.07) is 14.7. The number of halogens is 1. The molecule has 3 N–H and O–H groups in total. The van der Waals surface area contributed by atoms with Crippen LogP contribution in [0.5, 0.6) is 0 Å². The average molecular weight is 471 g/mol. The van der Waals surface area contributed by atoms with Crippen molar-refractivity contribution in [1.82, 2.24) is 10.8 Å². The number of rotatable bonds is 9. The SMILES string of the molecule is CN1C(=O)C(NC(=O)CCCCCCC(=O)NO)N=C(c2ccccc2)c2cc(Cl)ccc21. The first-order valence-electron chi connectivity index (χ1n) is 10.8. The summed E-state index contributed by atoms with van der Waals surface area (Å²) >= 11 is 6.24. The number of hydrogen-bond acceptors (Lipinski definition) is 5. The zero-order valence-corrected chi connectivity index (χ0v) is 19.1. The van der Waals surface area contributed by atoms with Crippen LogP contribution in [0.15, 0.2) is 53.5 Å². The quantitative estimate of drug-likeness (QED) is 0.296. The van der Waals surface area contributed by atoms with E-state index < -0.39 is 12.1 Å². The van der Waals surface area contributed by atoms with E-state index in [1.54, 1.807) is 30.7 Å². The van der Waals surface area contributed by atoms with E-state index in [-0.39, 0.29) is 24.7 Å². The van der Waals surface area contributed by atoms with E-state index in [1.807, 2.05) is 30.3 Å². The summed E-state index contributed by atoms with van der Waals surface area (Å²) in [6.07, 6.45) is 2.20. The highest BCUT2D eigenvalue weighted by Crippen LogP contribution is 2.29. The molecule has 0 radical (unpaired) electrons. The molecule has 0 saturated carbocycles. The molecule has 9 heteroatoms. The maximum atomic E-state index is 13.1. The lowest BCUT2D eigenvalue weighted by atomic mass is 10.0. The molecule has 3 rings (SSSR count). The van der Waals surface area contributed by atoms with Crippen LogP contribution in [0.1, 0.15) is 49.7 Å². The maximum Gasteiger partial charge on any atom is 0.272 e. The molecule has 1 heterocycles. The first-order valence-corrected chi connectivity index (χ1v) is 11.2. The predicted molar refractivity (Wildman–Crippen MR) is 127 cm³/mol. The Labute approximate surface area is 197 Å². The van der Waals surface area contributed by atoms with Gasteiger partial charge in [-0.1, -0.05) is 54.8 Å². The van der Waals surface area contributed by atoms with Gasteiger partial charge in [-0.25, -0.2) is 10.5 Å². The number of aliphatic imine (C=N–C) groups is 1. The summed E-state index contributed by atoms with van der Waals surface area (Å²) in [6.45, 7) is 0. The predicted octanol–water partition coefficient (Wildman–Crippen LogP) is 3.44. The van der Waals surface area contributed by atoms with Crippen molar-refractivity contribution in [1.29, 1.82) is 0 Å². The van der Waals surface area contributed by atoms with Crippen LogP contribution < -0.4 is 15.7 Å². The van der Waals surface area contributed by atoms with Gasteiger partial charge in [0.05, 0.1) is 11.4 Å². The molecular weight excluding hydrogens is 444 g/mol. The van der Waals surface area contributed by atoms with Crippen LogP contribution in [0.2, 0.25) is 5.02 Å². The number of carbonyl (C=O) groups excluding carboxylic acids is 3. The number of fused-ring (bicyclic) bond motifs is 1. The number of unbranched alkanes of at least 4 members (excludes halogenated alkanes) is 3. The minimum absolute atomic E-state index is 0.243. The maximum absolute atomic E-state index is 13.1. The standard InChI is InChI=1S/C24H27ClN4O4/c1-29-19-14-13-17(25)15-18(19)22(16-9-5-4-6-10-16)27-23(24(29)32)26-20(30)11-7-2-3-8-12-21(31)28-33/h4-6,9-10,13-15,23,33H,2-3,7-8,11-12H2,1H3,(H,26,30)(H,28,31). The van der Waals surface area contributed by atoms with Crippen molar-refractivity contribution in [2.45, 2.75) is 44.7 Å². The van der Waals surface area contributed by atoms with Gasteiger partial charge in [0.15, 0.2) is 0 Å². The molecule has 1 aliphatic heterocycles. The van der Waals surface area contributed by atoms with E-state index in [4.69, 9.17) is 16.8 Å². The molecule has 0 spiro atoms. The fraction of sp³-hybridized carbons (Fsp3) is 0.333. The Kier molecular flexibility index (Phi) is 8.57. The summed E-state index contributed by atoms with van der Waals surface area (Å²) in [7, 11) is 1.65. The second-order valence-electron chi connectivity index (χ2n) is 7.82. The normalized spacial score (nSPS) is 15.4. The van der Waals surface area contributed by atoms with E-state index >= 15 is 0 Å². The van der Waals surface area contributed by atoms with Gasteiger partial charge in [0, 0.05) is 36.0 Å². The van der Waals surface area contributed by atoms with Gasteiger partial charge < -0.3 is 10.2 Å². The topological polar surface area (TPSA) is 111 Å². The molecule has 1 unspecified atom stereocenters. The van der Waals surface area contributed by atoms with Gasteiger partial charge in [0.2, 0.25) is 18.0 Å². The van der Waals surface area contributed by atoms with Gasteiger partial charge in [0.25, 0.3) is 5.91 Å². The number of carbonyl (C=O) groups is 3. The summed E-state index contributed by atoms with van der Waals surface area (Å²) in [5.41, 5.74) is 4.37. The lowest BCUT2D eigenvalue weighted by molar-refractivity contribution is -0.129. The Morgan fingerprint density at radius 1 is 1.03 bits per heavy atom. The molecule has 0 aromatic heterocycles. The molecule has 2 aromatic rings. The Hall–Kier alpha value is -3.23. The fourth-order valence-electron chi connectivity index (χ4n) is 3.67. The molecule has 1 atom stereocenters. The van der Waals surface area contributed by atoms with Crippen molar-refractivity contribution in [2.24, 2.45) is 4.99 Å². The van der Waals surface area contributed by atoms with Crippen molar-refractivity contribution < 1.29 is 19.6 Å². The molecule has 174 valence electrons. The van der Waals surface area contributed by atoms with Crippen molar-refractivity contribution >= 4 is 40.7 Å². The number of anilines is 1. The molecule has 8 nitrogen and oxygen atoms in total. The minimum Gasteiger partial charge on any atom is -0.327 e. The summed E-state index contributed by atoms with van der Waals surface area (Å²) in [4.78, 5) is 42.8. The number of hydroxylamine groups is 1. The minimum atomic E-state index is -1.06. The van der Waals surface area contributed by atoms with E-state index in [2.05, 4.69) is 10.3 Å². The Balaban J connectivity index is 1.72. The van der Waals surface area contributed by atoms with Gasteiger partial charge in [-0.15, -0.1) is 0 Å². The van der Waals surface area contributed by atoms with Crippen LogP contribution in [0.3, 0.4) is 0 Å². The molecule has 0 fully saturated rings. The lowest BCUT2D eigenvalue weighted by Gasteiger charge is -2.21. The van der Waals surface area contributed by atoms with Crippen molar-refractivity contribution in [3.8, 4) is 0 Å². The van der Waals surface area contributed by atoms with Crippen LogP contribution in [-0.2, 0) is 14.4 Å². The monoisotopic (exact) mass is 470 g/mol. The number of amides is 3. The van der Waals surface area contributed by atoms with Crippen LogP contribution >= 0.6 is 11.6 Å². The second-order valence-corrected chi connectivity index (χ2v) is 8.26. The largest absolute Gasteiger partial charge is 0.327 e. The zero-order valence-electron chi connectivity index (χ0n) is 18.4. The number of nitrogens with one attached hydrogen (secondary N) is 2. The smallest absolute Gasteiger partial charge is 0.272 e.